The number of aliphatic hydroxyl groups excluding tert-OH is 3. The van der Waals surface area contributed by atoms with Crippen LogP contribution in [0.15, 0.2) is 72.9 Å². The lowest BCUT2D eigenvalue weighted by molar-refractivity contribution is -0.870. The third kappa shape index (κ3) is 32.9. The second-order valence-electron chi connectivity index (χ2n) is 16.9. The van der Waals surface area contributed by atoms with Crippen LogP contribution in [0.1, 0.15) is 136 Å². The number of likely N-dealkylation sites (N-methyl/N-ethyl adjacent to an activating group) is 1. The normalized spacial score (nSPS) is 20.9. The molecule has 1 heterocycles. The highest BCUT2D eigenvalue weighted by atomic mass is 31.2. The van der Waals surface area contributed by atoms with Crippen LogP contribution in [-0.2, 0) is 37.4 Å². The number of aliphatic hydroxyl groups is 3. The second-order valence-corrected chi connectivity index (χ2v) is 18.4. The summed E-state index contributed by atoms with van der Waals surface area (Å²) < 4.78 is 39.9. The number of hydrogen-bond donors (Lipinski definition) is 4. The molecule has 1 aliphatic heterocycles. The standard InChI is InChI=1S/C48H82NO12P/c1-6-8-10-11-12-13-14-15-16-17-18-19-20-21-22-23-29-33-47(53)60-42(40-59-62(55,56)58-37-36-49(3,4)5)39-57-46(52)32-28-25-24-27-31-43-44(51)38-48(54)61-45(43)35-34-41(50)30-26-9-7-2/h8,10,12-13,15-16,18-19,24,27,34-35,41-45,48,50-51,54H,6-7,9,11,14,17,20-23,25-26,28-33,36-40H2,1-5H3/p+1/b10-8-,13-12-,16-15-,19-18-,27-24-,35-34+/t41-,42+,43-,44-,45+,48?/m0/s1. The molecule has 0 amide bonds. The molecule has 0 aromatic carbocycles. The highest BCUT2D eigenvalue weighted by Gasteiger charge is 2.35. The molecule has 0 aromatic heterocycles. The van der Waals surface area contributed by atoms with Crippen LogP contribution in [0.4, 0.5) is 0 Å². The van der Waals surface area contributed by atoms with Crippen molar-refractivity contribution in [2.75, 3.05) is 47.5 Å². The number of carbonyl (C=O) groups excluding carboxylic acids is 2. The van der Waals surface area contributed by atoms with Crippen LogP contribution < -0.4 is 0 Å². The number of phosphoric acid groups is 1. The predicted octanol–water partition coefficient (Wildman–Crippen LogP) is 9.13. The summed E-state index contributed by atoms with van der Waals surface area (Å²) in [5.41, 5.74) is 0. The molecule has 0 saturated carbocycles. The van der Waals surface area contributed by atoms with E-state index in [-0.39, 0.29) is 38.4 Å². The molecular weight excluding hydrogens is 813 g/mol. The SMILES string of the molecule is CC/C=C\C/C=C\C/C=C\C/C=C\CCCCCCC(=O)O[C@H](COC(=O)CCC/C=C\C[C@H]1[C@@H](O)CC(O)O[C@@H]1/C=C/[C@@H](O)CCCCC)COP(=O)(O)OCC[N+](C)(C)C. The van der Waals surface area contributed by atoms with Gasteiger partial charge in [0.1, 0.15) is 19.8 Å². The minimum Gasteiger partial charge on any atom is -0.462 e. The fourth-order valence-corrected chi connectivity index (χ4v) is 7.08. The number of phosphoric ester groups is 1. The van der Waals surface area contributed by atoms with E-state index in [2.05, 4.69) is 62.5 Å². The maximum atomic E-state index is 12.8. The molecule has 7 atom stereocenters. The summed E-state index contributed by atoms with van der Waals surface area (Å²) in [6.07, 6.45) is 34.3. The number of quaternary nitrogens is 1. The third-order valence-electron chi connectivity index (χ3n) is 10.0. The van der Waals surface area contributed by atoms with Crippen molar-refractivity contribution >= 4 is 19.8 Å². The highest BCUT2D eigenvalue weighted by Crippen LogP contribution is 2.43. The lowest BCUT2D eigenvalue weighted by Crippen LogP contribution is -2.43. The quantitative estimate of drug-likeness (QED) is 0.0154. The van der Waals surface area contributed by atoms with Gasteiger partial charge in [0.15, 0.2) is 12.4 Å². The summed E-state index contributed by atoms with van der Waals surface area (Å²) in [4.78, 5) is 35.6. The first-order valence-corrected chi connectivity index (χ1v) is 24.6. The number of allylic oxidation sites excluding steroid dienone is 10. The summed E-state index contributed by atoms with van der Waals surface area (Å²) in [7, 11) is 1.30. The van der Waals surface area contributed by atoms with Gasteiger partial charge in [0.25, 0.3) is 0 Å². The number of esters is 2. The summed E-state index contributed by atoms with van der Waals surface area (Å²) in [5, 5.41) is 31.0. The summed E-state index contributed by atoms with van der Waals surface area (Å²) in [5.74, 6) is -1.34. The largest absolute Gasteiger partial charge is 0.472 e. The molecule has 1 rings (SSSR count). The predicted molar refractivity (Wildman–Crippen MR) is 246 cm³/mol. The van der Waals surface area contributed by atoms with Gasteiger partial charge in [-0.25, -0.2) is 4.57 Å². The fourth-order valence-electron chi connectivity index (χ4n) is 6.34. The highest BCUT2D eigenvalue weighted by molar-refractivity contribution is 7.47. The number of carbonyl (C=O) groups is 2. The van der Waals surface area contributed by atoms with Crippen LogP contribution in [-0.4, -0.2) is 115 Å². The maximum Gasteiger partial charge on any atom is 0.472 e. The fraction of sp³-hybridized carbons (Fsp3) is 0.708. The van der Waals surface area contributed by atoms with E-state index in [4.69, 9.17) is 23.3 Å². The van der Waals surface area contributed by atoms with Gasteiger partial charge in [-0.05, 0) is 70.6 Å². The average molecular weight is 897 g/mol. The Morgan fingerprint density at radius 2 is 1.40 bits per heavy atom. The lowest BCUT2D eigenvalue weighted by Gasteiger charge is -2.36. The zero-order valence-electron chi connectivity index (χ0n) is 38.6. The molecular formula is C48H83NO12P+. The van der Waals surface area contributed by atoms with Crippen molar-refractivity contribution in [1.82, 2.24) is 0 Å². The Labute approximate surface area is 373 Å². The van der Waals surface area contributed by atoms with E-state index >= 15 is 0 Å². The van der Waals surface area contributed by atoms with Gasteiger partial charge >= 0.3 is 19.8 Å². The van der Waals surface area contributed by atoms with E-state index in [0.29, 0.717) is 43.1 Å². The Hall–Kier alpha value is -2.71. The zero-order chi connectivity index (χ0) is 45.9. The molecule has 1 fully saturated rings. The van der Waals surface area contributed by atoms with Crippen LogP contribution in [0.3, 0.4) is 0 Å². The molecule has 0 aliphatic carbocycles. The molecule has 2 unspecified atom stereocenters. The monoisotopic (exact) mass is 897 g/mol. The summed E-state index contributed by atoms with van der Waals surface area (Å²) in [6, 6.07) is 0. The van der Waals surface area contributed by atoms with Crippen LogP contribution in [0.25, 0.3) is 0 Å². The zero-order valence-corrected chi connectivity index (χ0v) is 39.5. The van der Waals surface area contributed by atoms with Crippen LogP contribution >= 0.6 is 7.82 Å². The second kappa shape index (κ2) is 35.6. The molecule has 0 spiro atoms. The van der Waals surface area contributed by atoms with Gasteiger partial charge in [0.2, 0.25) is 0 Å². The van der Waals surface area contributed by atoms with Gasteiger partial charge in [-0.2, -0.15) is 0 Å². The van der Waals surface area contributed by atoms with Gasteiger partial charge in [-0.15, -0.1) is 0 Å². The summed E-state index contributed by atoms with van der Waals surface area (Å²) >= 11 is 0. The van der Waals surface area contributed by atoms with E-state index in [1.807, 2.05) is 33.3 Å². The maximum absolute atomic E-state index is 12.8. The Balaban J connectivity index is 2.54. The first-order chi connectivity index (χ1) is 29.7. The first kappa shape index (κ1) is 57.3. The summed E-state index contributed by atoms with van der Waals surface area (Å²) in [6.45, 7) is 3.84. The van der Waals surface area contributed by atoms with Crippen molar-refractivity contribution in [1.29, 1.82) is 0 Å². The number of rotatable bonds is 36. The Morgan fingerprint density at radius 1 is 0.774 bits per heavy atom. The minimum atomic E-state index is -4.46. The van der Waals surface area contributed by atoms with Crippen molar-refractivity contribution in [2.45, 2.75) is 167 Å². The Bertz CT molecular complexity index is 1400. The van der Waals surface area contributed by atoms with E-state index in [0.717, 1.165) is 70.6 Å². The van der Waals surface area contributed by atoms with Crippen molar-refractivity contribution < 1.29 is 62.1 Å². The number of nitrogens with zero attached hydrogens (tertiary/aromatic N) is 1. The van der Waals surface area contributed by atoms with Crippen molar-refractivity contribution in [3.05, 3.63) is 72.9 Å². The van der Waals surface area contributed by atoms with Crippen LogP contribution in [0.2, 0.25) is 0 Å². The van der Waals surface area contributed by atoms with Crippen molar-refractivity contribution in [3.63, 3.8) is 0 Å². The molecule has 62 heavy (non-hydrogen) atoms. The van der Waals surface area contributed by atoms with Crippen LogP contribution in [0.5, 0.6) is 0 Å². The minimum absolute atomic E-state index is 0.0213. The molecule has 0 radical (unpaired) electrons. The molecule has 1 aliphatic rings. The van der Waals surface area contributed by atoms with E-state index in [9.17, 15) is 34.4 Å². The lowest BCUT2D eigenvalue weighted by atomic mass is 9.87. The topological polar surface area (TPSA) is 178 Å². The van der Waals surface area contributed by atoms with Gasteiger partial charge in [0, 0.05) is 25.2 Å². The van der Waals surface area contributed by atoms with Crippen LogP contribution in [0, 0.1) is 5.92 Å². The third-order valence-corrected chi connectivity index (χ3v) is 11.0. The van der Waals surface area contributed by atoms with E-state index in [1.165, 1.54) is 0 Å². The Morgan fingerprint density at radius 3 is 2.08 bits per heavy atom. The van der Waals surface area contributed by atoms with E-state index < -0.39 is 57.1 Å². The average Bonchev–Trinajstić information content (AvgIpc) is 3.20. The molecule has 0 aromatic rings. The molecule has 1 saturated heterocycles. The van der Waals surface area contributed by atoms with Crippen molar-refractivity contribution in [3.8, 4) is 0 Å². The van der Waals surface area contributed by atoms with E-state index in [1.54, 1.807) is 12.2 Å². The smallest absolute Gasteiger partial charge is 0.462 e. The molecule has 0 bridgehead atoms. The number of ether oxygens (including phenoxy) is 3. The van der Waals surface area contributed by atoms with Gasteiger partial charge in [-0.3, -0.25) is 18.6 Å². The molecule has 14 heteroatoms. The molecule has 356 valence electrons. The van der Waals surface area contributed by atoms with Gasteiger partial charge in [-0.1, -0.05) is 119 Å². The molecule has 4 N–H and O–H groups in total. The van der Waals surface area contributed by atoms with Gasteiger partial charge in [0.05, 0.1) is 46.1 Å². The van der Waals surface area contributed by atoms with Crippen molar-refractivity contribution in [2.24, 2.45) is 5.92 Å². The number of hydrogen-bond acceptors (Lipinski definition) is 11. The van der Waals surface area contributed by atoms with Gasteiger partial charge < -0.3 is 38.9 Å². The first-order valence-electron chi connectivity index (χ1n) is 23.1. The Kier molecular flexibility index (Phi) is 32.9. The number of unbranched alkanes of at least 4 members (excludes halogenated alkanes) is 7. The molecule has 13 nitrogen and oxygen atoms in total.